The number of hydrogen-bond donors (Lipinski definition) is 1. The summed E-state index contributed by atoms with van der Waals surface area (Å²) in [5, 5.41) is 9.31. The number of aliphatic carboxylic acids is 1. The molecule has 0 radical (unpaired) electrons. The molecule has 4 heteroatoms. The topological polar surface area (TPSA) is 63.6 Å². The van der Waals surface area contributed by atoms with E-state index >= 15 is 0 Å². The first kappa shape index (κ1) is 12.9. The zero-order chi connectivity index (χ0) is 13.2. The molecule has 0 saturated heterocycles. The van der Waals surface area contributed by atoms with Crippen molar-refractivity contribution in [3.63, 3.8) is 0 Å². The highest BCUT2D eigenvalue weighted by atomic mass is 16.6. The molecule has 18 heavy (non-hydrogen) atoms. The average molecular weight is 250 g/mol. The third-order valence-electron chi connectivity index (χ3n) is 4.22. The van der Waals surface area contributed by atoms with Crippen LogP contribution in [0.5, 0.6) is 0 Å². The molecule has 2 aliphatic rings. The van der Waals surface area contributed by atoms with Crippen LogP contribution in [-0.4, -0.2) is 22.6 Å². The van der Waals surface area contributed by atoms with E-state index in [2.05, 4.69) is 5.92 Å². The fourth-order valence-corrected chi connectivity index (χ4v) is 2.98. The van der Waals surface area contributed by atoms with Crippen molar-refractivity contribution in [3.05, 3.63) is 0 Å². The van der Waals surface area contributed by atoms with Crippen molar-refractivity contribution in [1.29, 1.82) is 0 Å². The van der Waals surface area contributed by atoms with E-state index in [4.69, 9.17) is 11.2 Å². The minimum atomic E-state index is -1.35. The van der Waals surface area contributed by atoms with Gasteiger partial charge in [0.15, 0.2) is 11.0 Å². The van der Waals surface area contributed by atoms with Crippen molar-refractivity contribution in [1.82, 2.24) is 0 Å². The molecule has 0 aliphatic heterocycles. The van der Waals surface area contributed by atoms with E-state index in [1.165, 1.54) is 0 Å². The first-order valence-corrected chi connectivity index (χ1v) is 6.49. The number of rotatable bonds is 3. The molecule has 0 atom stereocenters. The zero-order valence-electron chi connectivity index (χ0n) is 10.4. The maximum Gasteiger partial charge on any atom is 0.325 e. The van der Waals surface area contributed by atoms with Crippen molar-refractivity contribution in [3.8, 4) is 12.3 Å². The smallest absolute Gasteiger partial charge is 0.325 e. The van der Waals surface area contributed by atoms with Gasteiger partial charge in [0.1, 0.15) is 0 Å². The number of hydrogen-bond acceptors (Lipinski definition) is 3. The van der Waals surface area contributed by atoms with Crippen LogP contribution in [0.2, 0.25) is 0 Å². The first-order valence-electron chi connectivity index (χ1n) is 6.49. The molecular formula is C14H18O4. The molecule has 4 nitrogen and oxygen atoms in total. The summed E-state index contributed by atoms with van der Waals surface area (Å²) >= 11 is 0. The summed E-state index contributed by atoms with van der Waals surface area (Å²) in [6.45, 7) is 0. The first-order chi connectivity index (χ1) is 8.55. The number of carboxylic acids is 1. The second kappa shape index (κ2) is 4.64. The SMILES string of the molecule is C#CC1(OC(=O)C2(C(=O)O)CCCC2)CCCC1. The number of terminal acetylenes is 1. The second-order valence-electron chi connectivity index (χ2n) is 5.33. The van der Waals surface area contributed by atoms with E-state index in [0.29, 0.717) is 25.7 Å². The lowest BCUT2D eigenvalue weighted by Crippen LogP contribution is -2.43. The molecular weight excluding hydrogens is 232 g/mol. The van der Waals surface area contributed by atoms with Crippen molar-refractivity contribution in [2.75, 3.05) is 0 Å². The standard InChI is InChI=1S/C14H18O4/c1-2-13(7-3-4-8-13)18-12(17)14(11(15)16)9-5-6-10-14/h1H,3-10H2,(H,15,16). The molecule has 0 spiro atoms. The molecule has 0 aromatic heterocycles. The molecule has 2 saturated carbocycles. The Hall–Kier alpha value is -1.50. The highest BCUT2D eigenvalue weighted by Crippen LogP contribution is 2.42. The van der Waals surface area contributed by atoms with Crippen molar-refractivity contribution in [2.24, 2.45) is 5.41 Å². The van der Waals surface area contributed by atoms with Gasteiger partial charge in [0, 0.05) is 0 Å². The fourth-order valence-electron chi connectivity index (χ4n) is 2.98. The van der Waals surface area contributed by atoms with Gasteiger partial charge < -0.3 is 9.84 Å². The maximum atomic E-state index is 12.2. The Morgan fingerprint density at radius 2 is 1.56 bits per heavy atom. The van der Waals surface area contributed by atoms with Gasteiger partial charge in [-0.05, 0) is 38.5 Å². The molecule has 0 unspecified atom stereocenters. The third-order valence-corrected chi connectivity index (χ3v) is 4.22. The van der Waals surface area contributed by atoms with Crippen LogP contribution in [0.3, 0.4) is 0 Å². The molecule has 98 valence electrons. The van der Waals surface area contributed by atoms with Gasteiger partial charge in [-0.2, -0.15) is 0 Å². The Kier molecular flexibility index (Phi) is 3.34. The van der Waals surface area contributed by atoms with E-state index in [1.54, 1.807) is 0 Å². The average Bonchev–Trinajstić information content (AvgIpc) is 2.98. The van der Waals surface area contributed by atoms with E-state index in [1.807, 2.05) is 0 Å². The lowest BCUT2D eigenvalue weighted by atomic mass is 9.86. The van der Waals surface area contributed by atoms with E-state index < -0.39 is 23.0 Å². The maximum absolute atomic E-state index is 12.2. The molecule has 0 bridgehead atoms. The second-order valence-corrected chi connectivity index (χ2v) is 5.33. The lowest BCUT2D eigenvalue weighted by Gasteiger charge is -2.29. The summed E-state index contributed by atoms with van der Waals surface area (Å²) in [6, 6.07) is 0. The quantitative estimate of drug-likeness (QED) is 0.473. The van der Waals surface area contributed by atoms with Crippen LogP contribution in [0.25, 0.3) is 0 Å². The van der Waals surface area contributed by atoms with E-state index in [0.717, 1.165) is 25.7 Å². The predicted molar refractivity (Wildman–Crippen MR) is 64.7 cm³/mol. The van der Waals surface area contributed by atoms with Crippen LogP contribution in [0, 0.1) is 17.8 Å². The van der Waals surface area contributed by atoms with Crippen LogP contribution in [0.15, 0.2) is 0 Å². The van der Waals surface area contributed by atoms with Crippen LogP contribution in [-0.2, 0) is 14.3 Å². The van der Waals surface area contributed by atoms with E-state index in [-0.39, 0.29) is 0 Å². The number of ether oxygens (including phenoxy) is 1. The van der Waals surface area contributed by atoms with Gasteiger partial charge in [0.2, 0.25) is 0 Å². The molecule has 0 heterocycles. The van der Waals surface area contributed by atoms with Crippen LogP contribution in [0.4, 0.5) is 0 Å². The van der Waals surface area contributed by atoms with E-state index in [9.17, 15) is 14.7 Å². The van der Waals surface area contributed by atoms with Crippen molar-refractivity contribution < 1.29 is 19.4 Å². The van der Waals surface area contributed by atoms with Crippen LogP contribution >= 0.6 is 0 Å². The van der Waals surface area contributed by atoms with Gasteiger partial charge in [0.25, 0.3) is 0 Å². The predicted octanol–water partition coefficient (Wildman–Crippen LogP) is 2.12. The molecule has 2 fully saturated rings. The number of carboxylic acid groups (broad SMARTS) is 1. The summed E-state index contributed by atoms with van der Waals surface area (Å²) in [4.78, 5) is 23.6. The highest BCUT2D eigenvalue weighted by molar-refractivity contribution is 5.99. The molecule has 2 rings (SSSR count). The molecule has 0 aromatic rings. The summed E-state index contributed by atoms with van der Waals surface area (Å²) in [7, 11) is 0. The Bertz CT molecular complexity index is 393. The third kappa shape index (κ3) is 1.98. The van der Waals surface area contributed by atoms with Crippen molar-refractivity contribution in [2.45, 2.75) is 57.0 Å². The lowest BCUT2D eigenvalue weighted by molar-refractivity contribution is -0.175. The monoisotopic (exact) mass is 250 g/mol. The summed E-state index contributed by atoms with van der Waals surface area (Å²) in [5.41, 5.74) is -2.21. The summed E-state index contributed by atoms with van der Waals surface area (Å²) in [6.07, 6.45) is 10.8. The summed E-state index contributed by atoms with van der Waals surface area (Å²) < 4.78 is 5.44. The molecule has 0 amide bonds. The van der Waals surface area contributed by atoms with Gasteiger partial charge in [-0.1, -0.05) is 18.8 Å². The minimum absolute atomic E-state index is 0.363. The van der Waals surface area contributed by atoms with Crippen LogP contribution in [0.1, 0.15) is 51.4 Å². The van der Waals surface area contributed by atoms with Gasteiger partial charge in [-0.25, -0.2) is 0 Å². The fraction of sp³-hybridized carbons (Fsp3) is 0.714. The highest BCUT2D eigenvalue weighted by Gasteiger charge is 2.52. The Morgan fingerprint density at radius 1 is 1.06 bits per heavy atom. The molecule has 0 aromatic carbocycles. The summed E-state index contributed by atoms with van der Waals surface area (Å²) in [5.74, 6) is 0.846. The van der Waals surface area contributed by atoms with Gasteiger partial charge in [0.05, 0.1) is 0 Å². The number of carbonyl (C=O) groups is 2. The van der Waals surface area contributed by atoms with Gasteiger partial charge in [-0.15, -0.1) is 6.42 Å². The van der Waals surface area contributed by atoms with Gasteiger partial charge >= 0.3 is 11.9 Å². The Morgan fingerprint density at radius 3 is 2.00 bits per heavy atom. The number of carbonyl (C=O) groups excluding carboxylic acids is 1. The number of esters is 1. The normalized spacial score (nSPS) is 24.4. The molecule has 2 aliphatic carbocycles. The van der Waals surface area contributed by atoms with Crippen molar-refractivity contribution >= 4 is 11.9 Å². The van der Waals surface area contributed by atoms with Gasteiger partial charge in [-0.3, -0.25) is 9.59 Å². The van der Waals surface area contributed by atoms with Crippen LogP contribution < -0.4 is 0 Å². The Balaban J connectivity index is 2.16. The minimum Gasteiger partial charge on any atom is -0.480 e. The Labute approximate surface area is 107 Å². The largest absolute Gasteiger partial charge is 0.480 e. The zero-order valence-corrected chi connectivity index (χ0v) is 10.4. The molecule has 1 N–H and O–H groups in total.